The summed E-state index contributed by atoms with van der Waals surface area (Å²) in [6.45, 7) is 8.80. The van der Waals surface area contributed by atoms with Gasteiger partial charge in [-0.2, -0.15) is 0 Å². The van der Waals surface area contributed by atoms with Crippen LogP contribution in [0.2, 0.25) is 0 Å². The quantitative estimate of drug-likeness (QED) is 0.0724. The molecule has 1 aromatic carbocycles. The van der Waals surface area contributed by atoms with Crippen molar-refractivity contribution >= 4 is 35.8 Å². The van der Waals surface area contributed by atoms with Crippen LogP contribution in [0.3, 0.4) is 0 Å². The second-order valence-electron chi connectivity index (χ2n) is 8.86. The van der Waals surface area contributed by atoms with Gasteiger partial charge in [-0.3, -0.25) is 14.9 Å². The van der Waals surface area contributed by atoms with Crippen LogP contribution in [-0.4, -0.2) is 74.5 Å². The highest BCUT2D eigenvalue weighted by Crippen LogP contribution is 2.24. The van der Waals surface area contributed by atoms with Crippen molar-refractivity contribution < 1.29 is 52.6 Å². The second kappa shape index (κ2) is 16.9. The van der Waals surface area contributed by atoms with Crippen LogP contribution in [0.25, 0.3) is 0 Å². The summed E-state index contributed by atoms with van der Waals surface area (Å²) in [6, 6.07) is 5.62. The predicted octanol–water partition coefficient (Wildman–Crippen LogP) is 2.34. The molecular weight excluding hydrogens is 546 g/mol. The van der Waals surface area contributed by atoms with Gasteiger partial charge in [0.2, 0.25) is 0 Å². The van der Waals surface area contributed by atoms with Crippen molar-refractivity contribution in [2.45, 2.75) is 27.4 Å². The lowest BCUT2D eigenvalue weighted by Crippen LogP contribution is -2.43. The molecule has 1 rings (SSSR count). The Morgan fingerprint density at radius 3 is 1.73 bits per heavy atom. The first-order valence-electron chi connectivity index (χ1n) is 12.1. The number of benzene rings is 1. The Morgan fingerprint density at radius 2 is 1.29 bits per heavy atom. The van der Waals surface area contributed by atoms with Gasteiger partial charge < -0.3 is 34.3 Å². The molecule has 2 N–H and O–H groups in total. The summed E-state index contributed by atoms with van der Waals surface area (Å²) >= 11 is 0. The van der Waals surface area contributed by atoms with E-state index in [4.69, 9.17) is 23.7 Å². The summed E-state index contributed by atoms with van der Waals surface area (Å²) in [4.78, 5) is 70.6. The summed E-state index contributed by atoms with van der Waals surface area (Å²) in [5.74, 6) is -2.26. The fourth-order valence-electron chi connectivity index (χ4n) is 2.68. The molecule has 0 bridgehead atoms. The van der Waals surface area contributed by atoms with E-state index >= 15 is 0 Å². The zero-order chi connectivity index (χ0) is 31.0. The molecule has 1 aromatic rings. The van der Waals surface area contributed by atoms with E-state index in [-0.39, 0.29) is 48.7 Å². The van der Waals surface area contributed by atoms with E-state index in [1.807, 2.05) is 0 Å². The normalized spacial score (nSPS) is 10.4. The van der Waals surface area contributed by atoms with Crippen molar-refractivity contribution in [3.05, 3.63) is 64.2 Å². The highest BCUT2D eigenvalue weighted by molar-refractivity contribution is 5.87. The molecule has 0 saturated carbocycles. The lowest BCUT2D eigenvalue weighted by atomic mass is 9.93. The number of para-hydroxylation sites is 1. The third-order valence-electron chi connectivity index (χ3n) is 4.99. The topological polar surface area (TPSA) is 199 Å². The third-order valence-corrected chi connectivity index (χ3v) is 4.99. The number of nitrogens with one attached hydrogen (secondary N) is 2. The first-order valence-corrected chi connectivity index (χ1v) is 12.1. The van der Waals surface area contributed by atoms with Gasteiger partial charge in [0, 0.05) is 17.2 Å². The van der Waals surface area contributed by atoms with Crippen LogP contribution < -0.4 is 10.6 Å². The van der Waals surface area contributed by atoms with Gasteiger partial charge in [0.05, 0.1) is 23.6 Å². The Bertz CT molecular complexity index is 1110. The van der Waals surface area contributed by atoms with Crippen molar-refractivity contribution in [2.75, 3.05) is 39.5 Å². The summed E-state index contributed by atoms with van der Waals surface area (Å²) in [5.41, 5.74) is -1.54. The molecule has 15 nitrogen and oxygen atoms in total. The Morgan fingerprint density at radius 1 is 0.829 bits per heavy atom. The van der Waals surface area contributed by atoms with Gasteiger partial charge in [-0.1, -0.05) is 25.3 Å². The summed E-state index contributed by atoms with van der Waals surface area (Å²) in [7, 11) is 0. The van der Waals surface area contributed by atoms with Crippen LogP contribution in [0.5, 0.6) is 0 Å². The predicted molar refractivity (Wildman–Crippen MR) is 141 cm³/mol. The molecule has 0 atom stereocenters. The Kier molecular flexibility index (Phi) is 14.0. The molecule has 41 heavy (non-hydrogen) atoms. The minimum atomic E-state index is -1.74. The monoisotopic (exact) mass is 579 g/mol. The zero-order valence-electron chi connectivity index (χ0n) is 23.0. The minimum Gasteiger partial charge on any atom is -0.460 e. The maximum absolute atomic E-state index is 13.0. The Balaban J connectivity index is 2.78. The molecule has 0 aliphatic carbocycles. The van der Waals surface area contributed by atoms with Gasteiger partial charge >= 0.3 is 30.1 Å². The fourth-order valence-corrected chi connectivity index (χ4v) is 2.68. The summed E-state index contributed by atoms with van der Waals surface area (Å²) in [6.07, 6.45) is -1.95. The molecule has 0 fully saturated rings. The second-order valence-corrected chi connectivity index (χ2v) is 8.86. The Hall–Kier alpha value is -4.95. The lowest BCUT2D eigenvalue weighted by Gasteiger charge is -2.26. The van der Waals surface area contributed by atoms with E-state index in [9.17, 15) is 34.1 Å². The fraction of sp³-hybridized carbons (Fsp3) is 0.423. The smallest absolute Gasteiger partial charge is 0.407 e. The maximum Gasteiger partial charge on any atom is 0.407 e. The molecule has 15 heteroatoms. The number of hydrogen-bond acceptors (Lipinski definition) is 12. The molecule has 0 saturated heterocycles. The molecule has 0 unspecified atom stereocenters. The number of rotatable bonds is 16. The molecule has 0 radical (unpaired) electrons. The SMILES string of the molecule is C=C(C)C(=O)OCCNC(=O)OCC(C)(COC(=O)NCCOC(=O)C(=C)C)C(=O)OCc1ccccc1[N+](=O)[O-]. The standard InChI is InChI=1S/C26H33N3O12/c1-17(2)21(30)37-12-10-27-24(33)40-15-26(5,16-41-25(34)28-11-13-38-22(31)18(3)4)23(32)39-14-19-8-6-7-9-20(19)29(35)36/h6-9H,1,3,10-16H2,2,4-5H3,(H,27,33)(H,28,34). The third kappa shape index (κ3) is 12.6. The van der Waals surface area contributed by atoms with Gasteiger partial charge in [-0.15, -0.1) is 0 Å². The molecule has 0 spiro atoms. The molecule has 224 valence electrons. The van der Waals surface area contributed by atoms with Crippen LogP contribution in [0.1, 0.15) is 26.3 Å². The molecule has 0 aliphatic rings. The number of hydrogen-bond donors (Lipinski definition) is 2. The minimum absolute atomic E-state index is 0.106. The average Bonchev–Trinajstić information content (AvgIpc) is 2.93. The molecule has 0 heterocycles. The van der Waals surface area contributed by atoms with Crippen LogP contribution in [0.15, 0.2) is 48.6 Å². The maximum atomic E-state index is 13.0. The number of amides is 2. The van der Waals surface area contributed by atoms with Gasteiger partial charge in [0.15, 0.2) is 0 Å². The van der Waals surface area contributed by atoms with Crippen molar-refractivity contribution in [3.63, 3.8) is 0 Å². The van der Waals surface area contributed by atoms with E-state index < -0.39 is 60.3 Å². The first-order chi connectivity index (χ1) is 19.3. The summed E-state index contributed by atoms with van der Waals surface area (Å²) in [5, 5.41) is 15.9. The van der Waals surface area contributed by atoms with Crippen molar-refractivity contribution in [1.29, 1.82) is 0 Å². The zero-order valence-corrected chi connectivity index (χ0v) is 23.0. The van der Waals surface area contributed by atoms with E-state index in [2.05, 4.69) is 23.8 Å². The van der Waals surface area contributed by atoms with Gasteiger partial charge in [0.25, 0.3) is 5.69 Å². The van der Waals surface area contributed by atoms with Crippen LogP contribution >= 0.6 is 0 Å². The van der Waals surface area contributed by atoms with Crippen LogP contribution in [0.4, 0.5) is 15.3 Å². The van der Waals surface area contributed by atoms with Gasteiger partial charge in [-0.25, -0.2) is 19.2 Å². The van der Waals surface area contributed by atoms with Crippen LogP contribution in [-0.2, 0) is 44.7 Å². The largest absolute Gasteiger partial charge is 0.460 e. The van der Waals surface area contributed by atoms with Crippen LogP contribution in [0, 0.1) is 15.5 Å². The number of nitro groups is 1. The van der Waals surface area contributed by atoms with Crippen molar-refractivity contribution in [3.8, 4) is 0 Å². The van der Waals surface area contributed by atoms with Gasteiger partial charge in [0.1, 0.15) is 38.4 Å². The number of alkyl carbamates (subject to hydrolysis) is 2. The van der Waals surface area contributed by atoms with E-state index in [1.165, 1.54) is 45.0 Å². The Labute approximate surface area is 235 Å². The number of ether oxygens (including phenoxy) is 5. The lowest BCUT2D eigenvalue weighted by molar-refractivity contribution is -0.385. The number of carbonyl (C=O) groups is 5. The number of nitrogens with zero attached hydrogens (tertiary/aromatic N) is 1. The highest BCUT2D eigenvalue weighted by atomic mass is 16.6. The number of carbonyl (C=O) groups excluding carboxylic acids is 5. The first kappa shape index (κ1) is 34.1. The van der Waals surface area contributed by atoms with Crippen molar-refractivity contribution in [1.82, 2.24) is 10.6 Å². The molecule has 0 aromatic heterocycles. The number of nitro benzene ring substituents is 1. The molecular formula is C26H33N3O12. The van der Waals surface area contributed by atoms with E-state index in [0.717, 1.165) is 0 Å². The average molecular weight is 580 g/mol. The number of esters is 3. The highest BCUT2D eigenvalue weighted by Gasteiger charge is 2.39. The van der Waals surface area contributed by atoms with E-state index in [0.29, 0.717) is 0 Å². The summed E-state index contributed by atoms with van der Waals surface area (Å²) < 4.78 is 25.1. The van der Waals surface area contributed by atoms with Gasteiger partial charge in [-0.05, 0) is 26.8 Å². The van der Waals surface area contributed by atoms with Crippen molar-refractivity contribution in [2.24, 2.45) is 5.41 Å². The molecule has 2 amide bonds. The molecule has 0 aliphatic heterocycles. The van der Waals surface area contributed by atoms with E-state index in [1.54, 1.807) is 0 Å².